The minimum atomic E-state index is -4.01. The number of aryl methyl sites for hydroxylation is 2. The zero-order valence-electron chi connectivity index (χ0n) is 22.9. The molecule has 1 aliphatic heterocycles. The third-order valence-corrected chi connectivity index (χ3v) is 8.01. The summed E-state index contributed by atoms with van der Waals surface area (Å²) in [5.41, 5.74) is 4.36. The van der Waals surface area contributed by atoms with Crippen LogP contribution < -0.4 is 0 Å². The number of halogens is 4. The predicted octanol–water partition coefficient (Wildman–Crippen LogP) is 8.46. The lowest BCUT2D eigenvalue weighted by molar-refractivity contribution is -0.135. The van der Waals surface area contributed by atoms with E-state index in [1.54, 1.807) is 10.7 Å². The predicted molar refractivity (Wildman–Crippen MR) is 148 cm³/mol. The van der Waals surface area contributed by atoms with E-state index in [2.05, 4.69) is 39.5 Å². The van der Waals surface area contributed by atoms with E-state index in [0.717, 1.165) is 88.6 Å². The summed E-state index contributed by atoms with van der Waals surface area (Å²) >= 11 is 0. The highest BCUT2D eigenvalue weighted by molar-refractivity contribution is 5.74. The van der Waals surface area contributed by atoms with Gasteiger partial charge in [-0.25, -0.2) is 9.07 Å². The molecule has 1 aromatic heterocycles. The molecule has 2 aromatic carbocycles. The fraction of sp³-hybridized carbons (Fsp3) is 0.613. The standard InChI is InChI=1S/C31H42F4N4/c32-28-14-15-29-30(24-28)39(37-36-29)20-9-8-19-38-21-16-26(17-22-38)27-13-10-12-25(23-27)11-6-4-2-1-3-5-7-18-31(33,34)35/h10,12-15,23-24,26H,1-9,11,16-22H2. The number of alkyl halides is 3. The van der Waals surface area contributed by atoms with Crippen LogP contribution in [0.4, 0.5) is 17.6 Å². The van der Waals surface area contributed by atoms with Gasteiger partial charge in [0.05, 0.1) is 5.52 Å². The van der Waals surface area contributed by atoms with Gasteiger partial charge >= 0.3 is 6.18 Å². The molecule has 0 bridgehead atoms. The lowest BCUT2D eigenvalue weighted by atomic mass is 9.88. The van der Waals surface area contributed by atoms with Gasteiger partial charge in [-0.15, -0.1) is 5.10 Å². The molecule has 1 fully saturated rings. The number of piperidine rings is 1. The van der Waals surface area contributed by atoms with E-state index in [1.807, 2.05) is 0 Å². The third kappa shape index (κ3) is 9.89. The van der Waals surface area contributed by atoms with Gasteiger partial charge in [0.1, 0.15) is 11.3 Å². The first-order valence-corrected chi connectivity index (χ1v) is 14.7. The molecule has 0 unspecified atom stereocenters. The first-order chi connectivity index (χ1) is 18.9. The summed E-state index contributed by atoms with van der Waals surface area (Å²) < 4.78 is 51.9. The minimum absolute atomic E-state index is 0.256. The number of aromatic nitrogens is 3. The summed E-state index contributed by atoms with van der Waals surface area (Å²) in [6.45, 7) is 4.08. The molecule has 4 rings (SSSR count). The molecule has 3 aromatic rings. The Balaban J connectivity index is 1.08. The molecule has 214 valence electrons. The van der Waals surface area contributed by atoms with Crippen LogP contribution in [0.3, 0.4) is 0 Å². The molecular weight excluding hydrogens is 504 g/mol. The summed E-state index contributed by atoms with van der Waals surface area (Å²) in [6.07, 6.45) is 7.17. The Hall–Kier alpha value is -2.48. The smallest absolute Gasteiger partial charge is 0.303 e. The van der Waals surface area contributed by atoms with Crippen LogP contribution in [0.2, 0.25) is 0 Å². The Morgan fingerprint density at radius 3 is 2.28 bits per heavy atom. The van der Waals surface area contributed by atoms with Crippen molar-refractivity contribution in [1.82, 2.24) is 19.9 Å². The molecular formula is C31H42F4N4. The van der Waals surface area contributed by atoms with E-state index in [-0.39, 0.29) is 12.2 Å². The molecule has 0 aliphatic carbocycles. The molecule has 0 spiro atoms. The molecule has 4 nitrogen and oxygen atoms in total. The van der Waals surface area contributed by atoms with Crippen molar-refractivity contribution in [3.05, 3.63) is 59.4 Å². The molecule has 0 radical (unpaired) electrons. The normalized spacial score (nSPS) is 15.4. The molecule has 2 heterocycles. The van der Waals surface area contributed by atoms with Gasteiger partial charge in [-0.3, -0.25) is 0 Å². The minimum Gasteiger partial charge on any atom is -0.303 e. The number of unbranched alkanes of at least 4 members (excludes halogenated alkanes) is 7. The maximum Gasteiger partial charge on any atom is 0.389 e. The van der Waals surface area contributed by atoms with Crippen LogP contribution in [0, 0.1) is 5.82 Å². The molecule has 39 heavy (non-hydrogen) atoms. The SMILES string of the molecule is Fc1ccc2nnn(CCCCN3CCC(c4cccc(CCCCCCCCCC(F)(F)F)c4)CC3)c2c1. The zero-order chi connectivity index (χ0) is 27.5. The second-order valence-corrected chi connectivity index (χ2v) is 11.1. The van der Waals surface area contributed by atoms with Gasteiger partial charge in [0.2, 0.25) is 0 Å². The van der Waals surface area contributed by atoms with Crippen molar-refractivity contribution >= 4 is 11.0 Å². The summed E-state index contributed by atoms with van der Waals surface area (Å²) in [5.74, 6) is 0.364. The average Bonchev–Trinajstić information content (AvgIpc) is 3.32. The highest BCUT2D eigenvalue weighted by Crippen LogP contribution is 2.29. The second kappa shape index (κ2) is 14.8. The monoisotopic (exact) mass is 546 g/mol. The maximum absolute atomic E-state index is 13.6. The van der Waals surface area contributed by atoms with Gasteiger partial charge in [0, 0.05) is 19.0 Å². The molecule has 0 saturated carbocycles. The molecule has 0 atom stereocenters. The number of fused-ring (bicyclic) bond motifs is 1. The summed E-state index contributed by atoms with van der Waals surface area (Å²) in [6, 6.07) is 13.7. The average molecular weight is 547 g/mol. The van der Waals surface area contributed by atoms with Crippen LogP contribution in [-0.2, 0) is 13.0 Å². The summed E-state index contributed by atoms with van der Waals surface area (Å²) in [7, 11) is 0. The summed E-state index contributed by atoms with van der Waals surface area (Å²) in [5, 5.41) is 8.30. The second-order valence-electron chi connectivity index (χ2n) is 11.1. The van der Waals surface area contributed by atoms with Crippen molar-refractivity contribution in [2.45, 2.75) is 102 Å². The number of likely N-dealkylation sites (tertiary alicyclic amines) is 1. The van der Waals surface area contributed by atoms with Gasteiger partial charge < -0.3 is 4.90 Å². The Morgan fingerprint density at radius 1 is 0.795 bits per heavy atom. The topological polar surface area (TPSA) is 34.0 Å². The van der Waals surface area contributed by atoms with Crippen molar-refractivity contribution < 1.29 is 17.6 Å². The molecule has 0 amide bonds. The Kier molecular flexibility index (Phi) is 11.2. The van der Waals surface area contributed by atoms with Crippen LogP contribution >= 0.6 is 0 Å². The quantitative estimate of drug-likeness (QED) is 0.142. The fourth-order valence-corrected chi connectivity index (χ4v) is 5.73. The Morgan fingerprint density at radius 2 is 1.51 bits per heavy atom. The van der Waals surface area contributed by atoms with Crippen molar-refractivity contribution in [2.75, 3.05) is 19.6 Å². The van der Waals surface area contributed by atoms with Crippen molar-refractivity contribution in [3.8, 4) is 0 Å². The van der Waals surface area contributed by atoms with Crippen LogP contribution in [0.15, 0.2) is 42.5 Å². The van der Waals surface area contributed by atoms with Crippen LogP contribution in [0.25, 0.3) is 11.0 Å². The van der Waals surface area contributed by atoms with Crippen molar-refractivity contribution in [2.24, 2.45) is 0 Å². The molecule has 8 heteroatoms. The summed E-state index contributed by atoms with van der Waals surface area (Å²) in [4.78, 5) is 2.56. The van der Waals surface area contributed by atoms with Gasteiger partial charge in [0.25, 0.3) is 0 Å². The lowest BCUT2D eigenvalue weighted by Crippen LogP contribution is -2.33. The van der Waals surface area contributed by atoms with Gasteiger partial charge in [-0.2, -0.15) is 13.2 Å². The van der Waals surface area contributed by atoms with E-state index >= 15 is 0 Å². The first-order valence-electron chi connectivity index (χ1n) is 14.7. The number of hydrogen-bond donors (Lipinski definition) is 0. The van der Waals surface area contributed by atoms with Crippen LogP contribution in [0.5, 0.6) is 0 Å². The Bertz CT molecular complexity index is 1140. The van der Waals surface area contributed by atoms with Gasteiger partial charge in [-0.1, -0.05) is 61.6 Å². The van der Waals surface area contributed by atoms with Gasteiger partial charge in [-0.05, 0) is 93.8 Å². The fourth-order valence-electron chi connectivity index (χ4n) is 5.73. The third-order valence-electron chi connectivity index (χ3n) is 8.01. The maximum atomic E-state index is 13.6. The van der Waals surface area contributed by atoms with E-state index in [4.69, 9.17) is 0 Å². The lowest BCUT2D eigenvalue weighted by Gasteiger charge is -2.32. The highest BCUT2D eigenvalue weighted by atomic mass is 19.4. The first kappa shape index (κ1) is 29.5. The highest BCUT2D eigenvalue weighted by Gasteiger charge is 2.25. The largest absolute Gasteiger partial charge is 0.389 e. The Labute approximate surface area is 229 Å². The van der Waals surface area contributed by atoms with Crippen molar-refractivity contribution in [1.29, 1.82) is 0 Å². The van der Waals surface area contributed by atoms with Crippen LogP contribution in [0.1, 0.15) is 94.1 Å². The number of benzene rings is 2. The molecule has 1 aliphatic rings. The molecule has 0 N–H and O–H groups in total. The van der Waals surface area contributed by atoms with E-state index in [9.17, 15) is 17.6 Å². The number of hydrogen-bond acceptors (Lipinski definition) is 3. The van der Waals surface area contributed by atoms with Gasteiger partial charge in [0.15, 0.2) is 0 Å². The van der Waals surface area contributed by atoms with E-state index in [0.29, 0.717) is 12.3 Å². The zero-order valence-corrected chi connectivity index (χ0v) is 22.9. The molecule has 1 saturated heterocycles. The number of rotatable bonds is 15. The van der Waals surface area contributed by atoms with E-state index in [1.165, 1.54) is 36.1 Å². The van der Waals surface area contributed by atoms with Crippen LogP contribution in [-0.4, -0.2) is 45.7 Å². The van der Waals surface area contributed by atoms with E-state index < -0.39 is 12.6 Å². The number of nitrogens with zero attached hydrogens (tertiary/aromatic N) is 4. The van der Waals surface area contributed by atoms with Crippen molar-refractivity contribution in [3.63, 3.8) is 0 Å².